The van der Waals surface area contributed by atoms with Crippen LogP contribution < -0.4 is 4.90 Å². The largest absolute Gasteiger partial charge is 0.478 e. The molecule has 0 fully saturated rings. The van der Waals surface area contributed by atoms with Gasteiger partial charge in [-0.25, -0.2) is 14.6 Å². The molecule has 23 heavy (non-hydrogen) atoms. The second-order valence-corrected chi connectivity index (χ2v) is 4.95. The van der Waals surface area contributed by atoms with Crippen molar-refractivity contribution in [1.82, 2.24) is 0 Å². The van der Waals surface area contributed by atoms with E-state index in [-0.39, 0.29) is 23.3 Å². The molecule has 0 atom stereocenters. The number of amides is 2. The van der Waals surface area contributed by atoms with Gasteiger partial charge in [0.2, 0.25) is 0 Å². The quantitative estimate of drug-likeness (QED) is 0.509. The lowest BCUT2D eigenvalue weighted by molar-refractivity contribution is -0.253. The van der Waals surface area contributed by atoms with E-state index in [0.29, 0.717) is 11.3 Å². The van der Waals surface area contributed by atoms with Gasteiger partial charge in [-0.3, -0.25) is 14.8 Å². The molecule has 2 amide bonds. The van der Waals surface area contributed by atoms with Crippen LogP contribution in [0, 0.1) is 0 Å². The highest BCUT2D eigenvalue weighted by Crippen LogP contribution is 2.29. The summed E-state index contributed by atoms with van der Waals surface area (Å²) in [6, 6.07) is 10.0. The molecule has 7 nitrogen and oxygen atoms in total. The molecule has 0 saturated carbocycles. The van der Waals surface area contributed by atoms with Gasteiger partial charge in [0.05, 0.1) is 22.4 Å². The van der Waals surface area contributed by atoms with E-state index in [4.69, 9.17) is 10.4 Å². The molecule has 2 aromatic rings. The van der Waals surface area contributed by atoms with Crippen molar-refractivity contribution in [3.05, 3.63) is 64.7 Å². The fourth-order valence-electron chi connectivity index (χ4n) is 2.44. The van der Waals surface area contributed by atoms with Gasteiger partial charge in [-0.15, -0.1) is 0 Å². The molecule has 0 saturated heterocycles. The number of hydrogen-bond acceptors (Lipinski definition) is 5. The number of anilines is 1. The highest BCUT2D eigenvalue weighted by molar-refractivity contribution is 6.34. The van der Waals surface area contributed by atoms with Crippen molar-refractivity contribution < 1.29 is 29.6 Å². The van der Waals surface area contributed by atoms with Crippen molar-refractivity contribution in [2.75, 3.05) is 4.90 Å². The Labute approximate surface area is 130 Å². The first kappa shape index (κ1) is 14.9. The van der Waals surface area contributed by atoms with Gasteiger partial charge in [-0.05, 0) is 42.0 Å². The Morgan fingerprint density at radius 2 is 1.65 bits per heavy atom. The van der Waals surface area contributed by atoms with Crippen LogP contribution in [0.4, 0.5) is 5.69 Å². The van der Waals surface area contributed by atoms with E-state index >= 15 is 0 Å². The van der Waals surface area contributed by atoms with Gasteiger partial charge in [-0.2, -0.15) is 0 Å². The van der Waals surface area contributed by atoms with Crippen LogP contribution in [0.1, 0.15) is 36.6 Å². The Bertz CT molecular complexity index is 812. The number of hydrogen-bond donors (Lipinski definition) is 2. The summed E-state index contributed by atoms with van der Waals surface area (Å²) in [5.41, 5.74) is 1.37. The molecule has 0 bridgehead atoms. The summed E-state index contributed by atoms with van der Waals surface area (Å²) < 4.78 is 0. The number of carboxylic acid groups (broad SMARTS) is 1. The lowest BCUT2D eigenvalue weighted by Gasteiger charge is -2.13. The van der Waals surface area contributed by atoms with Gasteiger partial charge < -0.3 is 5.11 Å². The number of nitrogens with zero attached hydrogens (tertiary/aromatic N) is 1. The van der Waals surface area contributed by atoms with Crippen molar-refractivity contribution in [2.24, 2.45) is 0 Å². The molecule has 0 radical (unpaired) electrons. The Kier molecular flexibility index (Phi) is 3.65. The van der Waals surface area contributed by atoms with Crippen LogP contribution in [0.25, 0.3) is 0 Å². The molecule has 7 heteroatoms. The number of imide groups is 1. The van der Waals surface area contributed by atoms with Gasteiger partial charge in [0.15, 0.2) is 0 Å². The maximum Gasteiger partial charge on any atom is 0.335 e. The average molecular weight is 313 g/mol. The minimum Gasteiger partial charge on any atom is -0.478 e. The SMILES string of the molecule is O=C(O)c1ccc(N2C(=O)c3ccc(COO)cc3C2=O)cc1. The van der Waals surface area contributed by atoms with E-state index in [2.05, 4.69) is 4.89 Å². The molecule has 1 heterocycles. The summed E-state index contributed by atoms with van der Waals surface area (Å²) in [6.07, 6.45) is 0. The van der Waals surface area contributed by atoms with Gasteiger partial charge in [0, 0.05) is 0 Å². The normalized spacial score (nSPS) is 13.3. The van der Waals surface area contributed by atoms with Crippen LogP contribution in [0.15, 0.2) is 42.5 Å². The Morgan fingerprint density at radius 3 is 2.26 bits per heavy atom. The van der Waals surface area contributed by atoms with Crippen LogP contribution in [-0.2, 0) is 11.5 Å². The molecule has 0 aromatic heterocycles. The lowest BCUT2D eigenvalue weighted by Crippen LogP contribution is -2.29. The van der Waals surface area contributed by atoms with E-state index in [1.54, 1.807) is 6.07 Å². The second-order valence-electron chi connectivity index (χ2n) is 4.95. The van der Waals surface area contributed by atoms with E-state index < -0.39 is 17.8 Å². The molecule has 0 aliphatic carbocycles. The van der Waals surface area contributed by atoms with Gasteiger partial charge in [0.1, 0.15) is 6.61 Å². The molecule has 1 aliphatic heterocycles. The van der Waals surface area contributed by atoms with Crippen LogP contribution in [0.2, 0.25) is 0 Å². The molecule has 116 valence electrons. The molecule has 3 rings (SSSR count). The van der Waals surface area contributed by atoms with E-state index in [9.17, 15) is 14.4 Å². The lowest BCUT2D eigenvalue weighted by atomic mass is 10.1. The molecule has 1 aliphatic rings. The number of aromatic carboxylic acids is 1. The number of carbonyl (C=O) groups is 3. The zero-order chi connectivity index (χ0) is 16.6. The third-order valence-electron chi connectivity index (χ3n) is 3.55. The summed E-state index contributed by atoms with van der Waals surface area (Å²) in [5.74, 6) is -2.08. The van der Waals surface area contributed by atoms with E-state index in [0.717, 1.165) is 4.90 Å². The standard InChI is InChI=1S/C16H11NO6/c18-14-12-6-1-9(8-23-22)7-13(12)15(19)17(14)11-4-2-10(3-5-11)16(20)21/h1-7,22H,8H2,(H,20,21). The highest BCUT2D eigenvalue weighted by atomic mass is 17.1. The van der Waals surface area contributed by atoms with Crippen molar-refractivity contribution in [3.63, 3.8) is 0 Å². The maximum absolute atomic E-state index is 12.5. The summed E-state index contributed by atoms with van der Waals surface area (Å²) >= 11 is 0. The van der Waals surface area contributed by atoms with Crippen LogP contribution in [0.3, 0.4) is 0 Å². The predicted molar refractivity (Wildman–Crippen MR) is 78.4 cm³/mol. The molecule has 0 spiro atoms. The Hall–Kier alpha value is -3.03. The second kappa shape index (κ2) is 5.64. The van der Waals surface area contributed by atoms with Gasteiger partial charge in [-0.1, -0.05) is 6.07 Å². The Balaban J connectivity index is 1.97. The molecule has 2 N–H and O–H groups in total. The smallest absolute Gasteiger partial charge is 0.335 e. The topological polar surface area (TPSA) is 104 Å². The van der Waals surface area contributed by atoms with Crippen LogP contribution in [-0.4, -0.2) is 28.1 Å². The first-order valence-electron chi connectivity index (χ1n) is 6.64. The molecule has 2 aromatic carbocycles. The highest BCUT2D eigenvalue weighted by Gasteiger charge is 2.36. The van der Waals surface area contributed by atoms with Crippen LogP contribution in [0.5, 0.6) is 0 Å². The predicted octanol–water partition coefficient (Wildman–Crippen LogP) is 2.17. The van der Waals surface area contributed by atoms with Crippen molar-refractivity contribution >= 4 is 23.5 Å². The van der Waals surface area contributed by atoms with Crippen molar-refractivity contribution in [2.45, 2.75) is 6.61 Å². The summed E-state index contributed by atoms with van der Waals surface area (Å²) in [5, 5.41) is 17.4. The van der Waals surface area contributed by atoms with Crippen molar-refractivity contribution in [3.8, 4) is 0 Å². The zero-order valence-corrected chi connectivity index (χ0v) is 11.7. The monoisotopic (exact) mass is 313 g/mol. The third-order valence-corrected chi connectivity index (χ3v) is 3.55. The first-order chi connectivity index (χ1) is 11.0. The summed E-state index contributed by atoms with van der Waals surface area (Å²) in [4.78, 5) is 40.7. The number of fused-ring (bicyclic) bond motifs is 1. The molecular formula is C16H11NO6. The summed E-state index contributed by atoms with van der Waals surface area (Å²) in [6.45, 7) is -0.0952. The van der Waals surface area contributed by atoms with Gasteiger partial charge >= 0.3 is 5.97 Å². The zero-order valence-electron chi connectivity index (χ0n) is 11.7. The fourth-order valence-corrected chi connectivity index (χ4v) is 2.44. The fraction of sp³-hybridized carbons (Fsp3) is 0.0625. The van der Waals surface area contributed by atoms with Crippen molar-refractivity contribution in [1.29, 1.82) is 0 Å². The molecule has 0 unspecified atom stereocenters. The van der Waals surface area contributed by atoms with Gasteiger partial charge in [0.25, 0.3) is 11.8 Å². The summed E-state index contributed by atoms with van der Waals surface area (Å²) in [7, 11) is 0. The Morgan fingerprint density at radius 1 is 1.00 bits per heavy atom. The number of benzene rings is 2. The first-order valence-corrected chi connectivity index (χ1v) is 6.64. The minimum absolute atomic E-state index is 0.0627. The number of rotatable bonds is 4. The number of carboxylic acids is 1. The minimum atomic E-state index is -1.09. The maximum atomic E-state index is 12.5. The van der Waals surface area contributed by atoms with Crippen LogP contribution >= 0.6 is 0 Å². The van der Waals surface area contributed by atoms with E-state index in [1.807, 2.05) is 0 Å². The third kappa shape index (κ3) is 2.48. The van der Waals surface area contributed by atoms with E-state index in [1.165, 1.54) is 36.4 Å². The molecular weight excluding hydrogens is 302 g/mol. The average Bonchev–Trinajstić information content (AvgIpc) is 2.79. The number of carbonyl (C=O) groups excluding carboxylic acids is 2.